The predicted molar refractivity (Wildman–Crippen MR) is 277 cm³/mol. The number of rotatable bonds is 4. The minimum Gasteiger partial charge on any atom is -0.0622 e. The molecule has 0 atom stereocenters. The van der Waals surface area contributed by atoms with Crippen LogP contribution in [-0.4, -0.2) is 0 Å². The highest BCUT2D eigenvalue weighted by molar-refractivity contribution is 6.53. The predicted octanol–water partition coefficient (Wildman–Crippen LogP) is 18.2. The zero-order valence-corrected chi connectivity index (χ0v) is 34.8. The van der Waals surface area contributed by atoms with E-state index in [2.05, 4.69) is 218 Å². The molecule has 0 nitrogen and oxygen atoms in total. The normalized spacial score (nSPS) is 12.4. The van der Waals surface area contributed by atoms with Gasteiger partial charge in [0.15, 0.2) is 0 Å². The Bertz CT molecular complexity index is 4090. The number of hydrogen-bond acceptors (Lipinski definition) is 0. The van der Waals surface area contributed by atoms with Crippen LogP contribution in [-0.2, 0) is 0 Å². The van der Waals surface area contributed by atoms with Gasteiger partial charge in [-0.1, -0.05) is 218 Å². The van der Waals surface area contributed by atoms with Crippen molar-refractivity contribution in [3.8, 4) is 44.5 Å². The molecule has 0 unspecified atom stereocenters. The van der Waals surface area contributed by atoms with Gasteiger partial charge >= 0.3 is 0 Å². The van der Waals surface area contributed by atoms with Gasteiger partial charge in [-0.25, -0.2) is 0 Å². The first-order chi connectivity index (χ1) is 31.8. The van der Waals surface area contributed by atoms with Crippen molar-refractivity contribution in [2.24, 2.45) is 0 Å². The number of fused-ring (bicyclic) bond motifs is 10. The summed E-state index contributed by atoms with van der Waals surface area (Å²) in [5.74, 6) is 0. The summed E-state index contributed by atoms with van der Waals surface area (Å²) in [6, 6.07) is 82.1. The fraction of sp³-hybridized carbons (Fsp3) is 0. The third kappa shape index (κ3) is 4.32. The van der Waals surface area contributed by atoms with E-state index in [1.165, 1.54) is 152 Å². The van der Waals surface area contributed by atoms with Gasteiger partial charge in [-0.2, -0.15) is 0 Å². The van der Waals surface area contributed by atoms with E-state index >= 15 is 0 Å². The molecule has 0 aliphatic carbocycles. The second-order valence-corrected chi connectivity index (χ2v) is 17.7. The Morgan fingerprint density at radius 3 is 0.828 bits per heavy atom. The summed E-state index contributed by atoms with van der Waals surface area (Å²) in [7, 11) is 0. The van der Waals surface area contributed by atoms with E-state index < -0.39 is 0 Å². The van der Waals surface area contributed by atoms with Crippen molar-refractivity contribution < 1.29 is 0 Å². The molecule has 0 heterocycles. The van der Waals surface area contributed by atoms with Gasteiger partial charge in [0, 0.05) is 0 Å². The molecule has 0 spiro atoms. The highest BCUT2D eigenvalue weighted by atomic mass is 14.3. The summed E-state index contributed by atoms with van der Waals surface area (Å²) in [6.07, 6.45) is 0. The van der Waals surface area contributed by atoms with Gasteiger partial charge in [-0.3, -0.25) is 0 Å². The second-order valence-electron chi connectivity index (χ2n) is 17.7. The van der Waals surface area contributed by atoms with E-state index in [0.717, 1.165) is 0 Å². The Morgan fingerprint density at radius 2 is 0.438 bits per heavy atom. The van der Waals surface area contributed by atoms with Gasteiger partial charge < -0.3 is 0 Å². The average Bonchev–Trinajstić information content (AvgIpc) is 3.88. The summed E-state index contributed by atoms with van der Waals surface area (Å²) in [6.45, 7) is 0. The van der Waals surface area contributed by atoms with Crippen molar-refractivity contribution in [2.75, 3.05) is 0 Å². The van der Waals surface area contributed by atoms with Crippen molar-refractivity contribution in [3.63, 3.8) is 0 Å². The van der Waals surface area contributed by atoms with E-state index in [0.29, 0.717) is 0 Å². The molecule has 0 saturated heterocycles. The molecule has 0 aliphatic rings. The number of hydrogen-bond donors (Lipinski definition) is 0. The molecule has 0 bridgehead atoms. The maximum absolute atomic E-state index is 2.43. The maximum Gasteiger partial charge on any atom is -0.000696 e. The molecule has 0 amide bonds. The van der Waals surface area contributed by atoms with Crippen molar-refractivity contribution in [2.45, 2.75) is 0 Å². The van der Waals surface area contributed by atoms with Crippen LogP contribution in [0.3, 0.4) is 0 Å². The second kappa shape index (κ2) is 12.6. The molecule has 0 radical (unpaired) electrons. The van der Waals surface area contributed by atoms with Crippen molar-refractivity contribution in [1.29, 1.82) is 0 Å². The van der Waals surface area contributed by atoms with Gasteiger partial charge in [0.05, 0.1) is 0 Å². The summed E-state index contributed by atoms with van der Waals surface area (Å²) in [5.41, 5.74) is 10.1. The molecule has 0 aromatic heterocycles. The zero-order valence-electron chi connectivity index (χ0n) is 34.8. The number of benzene rings is 13. The van der Waals surface area contributed by atoms with Crippen LogP contribution in [0.4, 0.5) is 0 Å². The Morgan fingerprint density at radius 1 is 0.156 bits per heavy atom. The lowest BCUT2D eigenvalue weighted by atomic mass is 9.79. The van der Waals surface area contributed by atoms with Crippen molar-refractivity contribution in [3.05, 3.63) is 218 Å². The van der Waals surface area contributed by atoms with E-state index in [1.54, 1.807) is 0 Å². The molecule has 64 heavy (non-hydrogen) atoms. The van der Waals surface area contributed by atoms with Gasteiger partial charge in [-0.15, -0.1) is 0 Å². The third-order valence-electron chi connectivity index (χ3n) is 14.7. The fourth-order valence-electron chi connectivity index (χ4n) is 12.3. The van der Waals surface area contributed by atoms with Crippen LogP contribution in [0.2, 0.25) is 0 Å². The molecule has 15 aromatic rings. The zero-order chi connectivity index (χ0) is 41.6. The van der Waals surface area contributed by atoms with Crippen molar-refractivity contribution in [1.82, 2.24) is 0 Å². The molecule has 292 valence electrons. The summed E-state index contributed by atoms with van der Waals surface area (Å²) < 4.78 is 0. The maximum atomic E-state index is 2.43. The minimum atomic E-state index is 1.23. The SMILES string of the molecule is c1ccc(-c2ccccc2-c2c3cccc4c3c(c3cccc5c(-c6ccccc6-c6ccccc6)c6c7cccc8cccc(c87)c6c4c53)c3c4cccc5cccc(c23)c54)cc1. The first kappa shape index (κ1) is 34.3. The van der Waals surface area contributed by atoms with Gasteiger partial charge in [0.2, 0.25) is 0 Å². The highest BCUT2D eigenvalue weighted by Gasteiger charge is 2.29. The Hall–Kier alpha value is -8.32. The molecule has 0 N–H and O–H groups in total. The lowest BCUT2D eigenvalue weighted by Gasteiger charge is -2.23. The lowest BCUT2D eigenvalue weighted by Crippen LogP contribution is -1.95. The van der Waals surface area contributed by atoms with E-state index in [9.17, 15) is 0 Å². The van der Waals surface area contributed by atoms with Gasteiger partial charge in [0.1, 0.15) is 0 Å². The quantitative estimate of drug-likeness (QED) is 0.123. The van der Waals surface area contributed by atoms with Crippen molar-refractivity contribution >= 4 is 108 Å². The molecule has 15 rings (SSSR count). The minimum absolute atomic E-state index is 1.23. The highest BCUT2D eigenvalue weighted by Crippen LogP contribution is 2.58. The largest absolute Gasteiger partial charge is 0.0622 e. The van der Waals surface area contributed by atoms with Gasteiger partial charge in [0.25, 0.3) is 0 Å². The topological polar surface area (TPSA) is 0 Å². The smallest absolute Gasteiger partial charge is 0.000696 e. The monoisotopic (exact) mass is 804 g/mol. The Labute approximate surface area is 368 Å². The van der Waals surface area contributed by atoms with Crippen LogP contribution in [0.1, 0.15) is 0 Å². The van der Waals surface area contributed by atoms with Crippen LogP contribution < -0.4 is 0 Å². The Balaban J connectivity index is 1.26. The summed E-state index contributed by atoms with van der Waals surface area (Å²) >= 11 is 0. The summed E-state index contributed by atoms with van der Waals surface area (Å²) in [4.78, 5) is 0. The Kier molecular flexibility index (Phi) is 6.77. The van der Waals surface area contributed by atoms with Crippen LogP contribution in [0.5, 0.6) is 0 Å². The average molecular weight is 805 g/mol. The van der Waals surface area contributed by atoms with Crippen LogP contribution >= 0.6 is 0 Å². The first-order valence-corrected chi connectivity index (χ1v) is 22.4. The van der Waals surface area contributed by atoms with Crippen LogP contribution in [0, 0.1) is 0 Å². The first-order valence-electron chi connectivity index (χ1n) is 22.4. The molecule has 0 heteroatoms. The lowest BCUT2D eigenvalue weighted by molar-refractivity contribution is 1.61. The molecular weight excluding hydrogens is 769 g/mol. The molecule has 0 saturated carbocycles. The molecule has 15 aromatic carbocycles. The van der Waals surface area contributed by atoms with Gasteiger partial charge in [-0.05, 0) is 152 Å². The molecular formula is C64H36. The van der Waals surface area contributed by atoms with Crippen LogP contribution in [0.15, 0.2) is 218 Å². The molecule has 0 aliphatic heterocycles. The van der Waals surface area contributed by atoms with E-state index in [4.69, 9.17) is 0 Å². The third-order valence-corrected chi connectivity index (χ3v) is 14.7. The summed E-state index contributed by atoms with van der Waals surface area (Å²) in [5, 5.41) is 26.5. The van der Waals surface area contributed by atoms with E-state index in [-0.39, 0.29) is 0 Å². The standard InChI is InChI=1S/C64H36/c1-3-17-37(18-4-1)41-25-7-9-27-43(41)55-49-33-15-35-51-57(49)61(63-47-31-13-23-39-21-11-29-45(53(39)47)59(55)63)52-36-16-34-50-56(44-28-10-8-26-42(44)38-19-5-2-6-20-38)60-46-30-12-22-40-24-14-32-48(54(40)46)64(60)62(51)58(50)52/h1-36H. The molecule has 0 fully saturated rings. The van der Waals surface area contributed by atoms with E-state index in [1.807, 2.05) is 0 Å². The van der Waals surface area contributed by atoms with Crippen LogP contribution in [0.25, 0.3) is 152 Å². The fourth-order valence-corrected chi connectivity index (χ4v) is 12.3.